The van der Waals surface area contributed by atoms with Crippen LogP contribution in [0, 0.1) is 6.92 Å². The number of H-pyrrole nitrogens is 2. The van der Waals surface area contributed by atoms with E-state index in [0.29, 0.717) is 5.92 Å². The summed E-state index contributed by atoms with van der Waals surface area (Å²) in [5.74, 6) is 1.46. The van der Waals surface area contributed by atoms with E-state index in [1.54, 1.807) is 7.11 Å². The maximum atomic E-state index is 5.31. The summed E-state index contributed by atoms with van der Waals surface area (Å²) < 4.78 is 5.31. The normalized spacial score (nSPS) is 19.0. The Balaban J connectivity index is 1.49. The lowest BCUT2D eigenvalue weighted by Crippen LogP contribution is -2.34. The minimum atomic E-state index is 0.561. The molecule has 3 aromatic rings. The predicted octanol–water partition coefficient (Wildman–Crippen LogP) is 3.59. The zero-order valence-corrected chi connectivity index (χ0v) is 14.3. The fourth-order valence-electron chi connectivity index (χ4n) is 3.83. The van der Waals surface area contributed by atoms with Crippen LogP contribution in [0.15, 0.2) is 30.5 Å². The molecule has 5 nitrogen and oxygen atoms in total. The van der Waals surface area contributed by atoms with Crippen LogP contribution in [-0.4, -0.2) is 40.3 Å². The fraction of sp³-hybridized carbons (Fsp3) is 0.421. The van der Waals surface area contributed by atoms with E-state index in [-0.39, 0.29) is 0 Å². The molecule has 0 aliphatic carbocycles. The van der Waals surface area contributed by atoms with E-state index in [0.717, 1.165) is 25.4 Å². The predicted molar refractivity (Wildman–Crippen MR) is 95.4 cm³/mol. The zero-order chi connectivity index (χ0) is 16.5. The molecule has 0 amide bonds. The molecule has 5 heteroatoms. The summed E-state index contributed by atoms with van der Waals surface area (Å²) in [6.45, 7) is 5.34. The molecule has 1 aliphatic rings. The third-order valence-electron chi connectivity index (χ3n) is 5.06. The molecule has 1 aliphatic heterocycles. The Morgan fingerprint density at radius 1 is 1.33 bits per heavy atom. The molecular weight excluding hydrogens is 300 g/mol. The van der Waals surface area contributed by atoms with Crippen molar-refractivity contribution in [3.63, 3.8) is 0 Å². The van der Waals surface area contributed by atoms with Gasteiger partial charge in [-0.2, -0.15) is 5.10 Å². The SMILES string of the molecule is COc1ccc2[nH]c(CN3CCCC(c4[nH]ncc4C)C3)cc2c1. The first-order valence-corrected chi connectivity index (χ1v) is 8.61. The van der Waals surface area contributed by atoms with Gasteiger partial charge in [-0.1, -0.05) is 0 Å². The number of methoxy groups -OCH3 is 1. The minimum Gasteiger partial charge on any atom is -0.497 e. The summed E-state index contributed by atoms with van der Waals surface area (Å²) in [4.78, 5) is 6.08. The van der Waals surface area contributed by atoms with E-state index in [1.807, 2.05) is 12.3 Å². The van der Waals surface area contributed by atoms with Gasteiger partial charge in [0, 0.05) is 41.3 Å². The number of aromatic nitrogens is 3. The van der Waals surface area contributed by atoms with Crippen LogP contribution in [-0.2, 0) is 6.54 Å². The number of ether oxygens (including phenoxy) is 1. The number of nitrogens with zero attached hydrogens (tertiary/aromatic N) is 2. The number of rotatable bonds is 4. The average molecular weight is 324 g/mol. The van der Waals surface area contributed by atoms with Crippen molar-refractivity contribution in [1.82, 2.24) is 20.1 Å². The molecule has 126 valence electrons. The molecular formula is C19H24N4O. The molecule has 1 saturated heterocycles. The molecule has 1 unspecified atom stereocenters. The molecule has 0 radical (unpaired) electrons. The van der Waals surface area contributed by atoms with Crippen molar-refractivity contribution >= 4 is 10.9 Å². The highest BCUT2D eigenvalue weighted by molar-refractivity contribution is 5.81. The summed E-state index contributed by atoms with van der Waals surface area (Å²) in [6, 6.07) is 8.41. The van der Waals surface area contributed by atoms with E-state index >= 15 is 0 Å². The third-order valence-corrected chi connectivity index (χ3v) is 5.06. The lowest BCUT2D eigenvalue weighted by Gasteiger charge is -2.32. The summed E-state index contributed by atoms with van der Waals surface area (Å²) in [5, 5.41) is 8.60. The number of benzene rings is 1. The van der Waals surface area contributed by atoms with Gasteiger partial charge in [0.1, 0.15) is 5.75 Å². The summed E-state index contributed by atoms with van der Waals surface area (Å²) in [5.41, 5.74) is 5.02. The Kier molecular flexibility index (Phi) is 4.02. The van der Waals surface area contributed by atoms with Crippen LogP contribution < -0.4 is 4.74 Å². The van der Waals surface area contributed by atoms with Gasteiger partial charge in [0.15, 0.2) is 0 Å². The van der Waals surface area contributed by atoms with Gasteiger partial charge in [0.25, 0.3) is 0 Å². The van der Waals surface area contributed by atoms with Crippen LogP contribution in [0.25, 0.3) is 10.9 Å². The van der Waals surface area contributed by atoms with Crippen molar-refractivity contribution in [1.29, 1.82) is 0 Å². The Hall–Kier alpha value is -2.27. The van der Waals surface area contributed by atoms with Gasteiger partial charge >= 0.3 is 0 Å². The molecule has 24 heavy (non-hydrogen) atoms. The van der Waals surface area contributed by atoms with Gasteiger partial charge in [0.2, 0.25) is 0 Å². The number of piperidine rings is 1. The standard InChI is InChI=1S/C19H24N4O/c1-13-10-20-22-19(13)14-4-3-7-23(11-14)12-16-8-15-9-17(24-2)5-6-18(15)21-16/h5-6,8-10,14,21H,3-4,7,11-12H2,1-2H3,(H,20,22). The number of fused-ring (bicyclic) bond motifs is 1. The van der Waals surface area contributed by atoms with E-state index < -0.39 is 0 Å². The molecule has 2 N–H and O–H groups in total. The highest BCUT2D eigenvalue weighted by Crippen LogP contribution is 2.29. The fourth-order valence-corrected chi connectivity index (χ4v) is 3.83. The largest absolute Gasteiger partial charge is 0.497 e. The molecule has 1 fully saturated rings. The number of aryl methyl sites for hydroxylation is 1. The van der Waals surface area contributed by atoms with Crippen LogP contribution >= 0.6 is 0 Å². The van der Waals surface area contributed by atoms with Gasteiger partial charge in [-0.15, -0.1) is 0 Å². The Morgan fingerprint density at radius 2 is 2.25 bits per heavy atom. The minimum absolute atomic E-state index is 0.561. The van der Waals surface area contributed by atoms with Gasteiger partial charge < -0.3 is 9.72 Å². The first-order chi connectivity index (χ1) is 11.7. The number of hydrogen-bond donors (Lipinski definition) is 2. The first kappa shape index (κ1) is 15.3. The molecule has 4 rings (SSSR count). The van der Waals surface area contributed by atoms with Crippen LogP contribution in [0.1, 0.15) is 35.7 Å². The number of aromatic amines is 2. The summed E-state index contributed by atoms with van der Waals surface area (Å²) >= 11 is 0. The Labute approximate surface area is 142 Å². The quantitative estimate of drug-likeness (QED) is 0.771. The van der Waals surface area contributed by atoms with Gasteiger partial charge in [0.05, 0.1) is 13.3 Å². The van der Waals surface area contributed by atoms with E-state index in [2.05, 4.69) is 45.2 Å². The second kappa shape index (κ2) is 6.32. The van der Waals surface area contributed by atoms with Gasteiger partial charge in [-0.05, 0) is 56.1 Å². The zero-order valence-electron chi connectivity index (χ0n) is 14.3. The molecule has 1 aromatic carbocycles. The lowest BCUT2D eigenvalue weighted by molar-refractivity contribution is 0.196. The number of likely N-dealkylation sites (tertiary alicyclic amines) is 1. The third kappa shape index (κ3) is 2.91. The highest BCUT2D eigenvalue weighted by atomic mass is 16.5. The molecule has 2 aromatic heterocycles. The smallest absolute Gasteiger partial charge is 0.119 e. The van der Waals surface area contributed by atoms with E-state index in [1.165, 1.54) is 40.7 Å². The maximum Gasteiger partial charge on any atom is 0.119 e. The van der Waals surface area contributed by atoms with Crippen LogP contribution in [0.2, 0.25) is 0 Å². The van der Waals surface area contributed by atoms with Crippen LogP contribution in [0.4, 0.5) is 0 Å². The Bertz CT molecular complexity index is 835. The lowest BCUT2D eigenvalue weighted by atomic mass is 9.93. The van der Waals surface area contributed by atoms with Crippen LogP contribution in [0.3, 0.4) is 0 Å². The Morgan fingerprint density at radius 3 is 3.04 bits per heavy atom. The van der Waals surface area contributed by atoms with Gasteiger partial charge in [-0.25, -0.2) is 0 Å². The van der Waals surface area contributed by atoms with Crippen molar-refractivity contribution in [3.05, 3.63) is 47.4 Å². The summed E-state index contributed by atoms with van der Waals surface area (Å²) in [6.07, 6.45) is 4.40. The number of hydrogen-bond acceptors (Lipinski definition) is 3. The van der Waals surface area contributed by atoms with E-state index in [4.69, 9.17) is 4.74 Å². The van der Waals surface area contributed by atoms with Gasteiger partial charge in [-0.3, -0.25) is 10.00 Å². The topological polar surface area (TPSA) is 56.9 Å². The summed E-state index contributed by atoms with van der Waals surface area (Å²) in [7, 11) is 1.71. The maximum absolute atomic E-state index is 5.31. The molecule has 1 atom stereocenters. The second-order valence-electron chi connectivity index (χ2n) is 6.79. The first-order valence-electron chi connectivity index (χ1n) is 8.61. The van der Waals surface area contributed by atoms with Crippen molar-refractivity contribution < 1.29 is 4.74 Å². The molecule has 3 heterocycles. The average Bonchev–Trinajstić information content (AvgIpc) is 3.19. The second-order valence-corrected chi connectivity index (χ2v) is 6.79. The van der Waals surface area contributed by atoms with Crippen LogP contribution in [0.5, 0.6) is 5.75 Å². The number of nitrogens with one attached hydrogen (secondary N) is 2. The van der Waals surface area contributed by atoms with Crippen molar-refractivity contribution in [3.8, 4) is 5.75 Å². The van der Waals surface area contributed by atoms with E-state index in [9.17, 15) is 0 Å². The van der Waals surface area contributed by atoms with Crippen molar-refractivity contribution in [2.24, 2.45) is 0 Å². The molecule has 0 saturated carbocycles. The van der Waals surface area contributed by atoms with Crippen molar-refractivity contribution in [2.75, 3.05) is 20.2 Å². The molecule has 0 bridgehead atoms. The monoisotopic (exact) mass is 324 g/mol. The van der Waals surface area contributed by atoms with Crippen molar-refractivity contribution in [2.45, 2.75) is 32.2 Å². The highest BCUT2D eigenvalue weighted by Gasteiger charge is 2.24. The molecule has 0 spiro atoms.